The van der Waals surface area contributed by atoms with E-state index in [9.17, 15) is 14.4 Å². The molecule has 4 fully saturated rings. The number of carbonyl (C=O) groups is 3. The minimum absolute atomic E-state index is 0.0808. The fourth-order valence-electron chi connectivity index (χ4n) is 10.4. The number of carbonyl (C=O) groups excluding carboxylic acids is 3. The summed E-state index contributed by atoms with van der Waals surface area (Å²) in [7, 11) is 0. The lowest BCUT2D eigenvalue weighted by atomic mass is 9.35. The van der Waals surface area contributed by atoms with Crippen LogP contribution in [0.3, 0.4) is 0 Å². The molecule has 8 unspecified atom stereocenters. The van der Waals surface area contributed by atoms with E-state index in [-0.39, 0.29) is 62.2 Å². The Morgan fingerprint density at radius 1 is 0.972 bits per heavy atom. The number of hydrogen-bond donors (Lipinski definition) is 3. The maximum atomic E-state index is 14.3. The van der Waals surface area contributed by atoms with Gasteiger partial charge in [0.2, 0.25) is 5.91 Å². The van der Waals surface area contributed by atoms with Crippen molar-refractivity contribution in [3.8, 4) is 0 Å². The Kier molecular flexibility index (Phi) is 5.44. The normalized spacial score (nSPS) is 49.8. The van der Waals surface area contributed by atoms with Gasteiger partial charge in [-0.25, -0.2) is 4.79 Å². The topological polar surface area (TPSA) is 101 Å². The van der Waals surface area contributed by atoms with Crippen molar-refractivity contribution < 1.29 is 14.4 Å². The number of primary amides is 1. The first kappa shape index (κ1) is 25.8. The Labute approximate surface area is 217 Å². The molecule has 1 heterocycles. The first-order valence-corrected chi connectivity index (χ1v) is 14.1. The first-order valence-electron chi connectivity index (χ1n) is 14.1. The smallest absolute Gasteiger partial charge is 0.312 e. The second kappa shape index (κ2) is 7.60. The standard InChI is InChI=1S/C30H47N3O3/c1-25(2)21-8-11-30(7)23(28(21,5)10-9-22(35)32-25)20(34)16-18-19-17-27(4,33-24(31)36)14-12-26(19,3)13-15-29(18,30)6/h16,19,21,23H,8-15,17H2,1-7H3,(H,32,35)(H3,31,33,36). The average Bonchev–Trinajstić information content (AvgIpc) is 2.83. The molecular weight excluding hydrogens is 450 g/mol. The van der Waals surface area contributed by atoms with Gasteiger partial charge in [-0.05, 0) is 112 Å². The van der Waals surface area contributed by atoms with Gasteiger partial charge in [-0.2, -0.15) is 0 Å². The van der Waals surface area contributed by atoms with Crippen LogP contribution in [-0.2, 0) is 9.59 Å². The lowest BCUT2D eigenvalue weighted by molar-refractivity contribution is -0.169. The zero-order chi connectivity index (χ0) is 26.5. The number of amides is 3. The third-order valence-corrected chi connectivity index (χ3v) is 12.5. The molecule has 8 atom stereocenters. The second-order valence-corrected chi connectivity index (χ2v) is 15.0. The predicted molar refractivity (Wildman–Crippen MR) is 141 cm³/mol. The van der Waals surface area contributed by atoms with Crippen LogP contribution in [0, 0.1) is 39.4 Å². The monoisotopic (exact) mass is 497 g/mol. The molecule has 0 aromatic rings. The Morgan fingerprint density at radius 3 is 2.31 bits per heavy atom. The summed E-state index contributed by atoms with van der Waals surface area (Å²) in [4.78, 5) is 38.9. The Hall–Kier alpha value is -1.85. The van der Waals surface area contributed by atoms with Crippen molar-refractivity contribution in [2.45, 2.75) is 117 Å². The van der Waals surface area contributed by atoms with Crippen molar-refractivity contribution in [1.82, 2.24) is 10.6 Å². The number of ketones is 1. The number of allylic oxidation sites excluding steroid dienone is 2. The Morgan fingerprint density at radius 2 is 1.64 bits per heavy atom. The Bertz CT molecular complexity index is 1050. The highest BCUT2D eigenvalue weighted by Gasteiger charge is 2.69. The molecule has 5 aliphatic rings. The lowest BCUT2D eigenvalue weighted by Crippen LogP contribution is -2.66. The van der Waals surface area contributed by atoms with Crippen LogP contribution in [0.5, 0.6) is 0 Å². The van der Waals surface area contributed by atoms with Crippen LogP contribution in [0.2, 0.25) is 0 Å². The lowest BCUT2D eigenvalue weighted by Gasteiger charge is -2.69. The summed E-state index contributed by atoms with van der Waals surface area (Å²) in [5, 5.41) is 6.33. The summed E-state index contributed by atoms with van der Waals surface area (Å²) in [6.45, 7) is 15.9. The largest absolute Gasteiger partial charge is 0.352 e. The summed E-state index contributed by atoms with van der Waals surface area (Å²) >= 11 is 0. The van der Waals surface area contributed by atoms with Crippen molar-refractivity contribution in [3.63, 3.8) is 0 Å². The molecule has 3 saturated carbocycles. The molecule has 3 amide bonds. The molecule has 5 rings (SSSR count). The molecule has 0 radical (unpaired) electrons. The number of hydrogen-bond acceptors (Lipinski definition) is 3. The summed E-state index contributed by atoms with van der Waals surface area (Å²) in [5.41, 5.74) is 5.88. The van der Waals surface area contributed by atoms with Crippen LogP contribution in [0.25, 0.3) is 0 Å². The summed E-state index contributed by atoms with van der Waals surface area (Å²) < 4.78 is 0. The van der Waals surface area contributed by atoms with E-state index < -0.39 is 6.03 Å². The molecule has 0 aromatic heterocycles. The van der Waals surface area contributed by atoms with Gasteiger partial charge < -0.3 is 16.4 Å². The molecule has 6 heteroatoms. The van der Waals surface area contributed by atoms with Gasteiger partial charge in [0, 0.05) is 23.4 Å². The van der Waals surface area contributed by atoms with Crippen molar-refractivity contribution in [1.29, 1.82) is 0 Å². The van der Waals surface area contributed by atoms with E-state index in [2.05, 4.69) is 59.1 Å². The molecule has 1 saturated heterocycles. The van der Waals surface area contributed by atoms with Crippen molar-refractivity contribution >= 4 is 17.7 Å². The van der Waals surface area contributed by atoms with E-state index in [4.69, 9.17) is 5.73 Å². The third-order valence-electron chi connectivity index (χ3n) is 12.5. The van der Waals surface area contributed by atoms with Gasteiger partial charge in [-0.3, -0.25) is 9.59 Å². The van der Waals surface area contributed by atoms with E-state index in [1.807, 2.05) is 6.08 Å². The minimum Gasteiger partial charge on any atom is -0.352 e. The highest BCUT2D eigenvalue weighted by atomic mass is 16.2. The van der Waals surface area contributed by atoms with Gasteiger partial charge in [0.15, 0.2) is 5.78 Å². The van der Waals surface area contributed by atoms with E-state index in [0.29, 0.717) is 6.42 Å². The first-order chi connectivity index (χ1) is 16.5. The van der Waals surface area contributed by atoms with Crippen molar-refractivity contribution in [2.75, 3.05) is 0 Å². The number of nitrogens with one attached hydrogen (secondary N) is 2. The van der Waals surface area contributed by atoms with E-state index in [1.165, 1.54) is 5.57 Å². The van der Waals surface area contributed by atoms with E-state index >= 15 is 0 Å². The summed E-state index contributed by atoms with van der Waals surface area (Å²) in [6.07, 6.45) is 10.3. The molecule has 200 valence electrons. The highest BCUT2D eigenvalue weighted by molar-refractivity contribution is 5.96. The average molecular weight is 498 g/mol. The molecule has 0 aromatic carbocycles. The van der Waals surface area contributed by atoms with Crippen LogP contribution in [0.4, 0.5) is 4.79 Å². The number of rotatable bonds is 1. The zero-order valence-electron chi connectivity index (χ0n) is 23.5. The fraction of sp³-hybridized carbons (Fsp3) is 0.833. The number of urea groups is 1. The SMILES string of the molecule is CC1(NC(N)=O)CCC2(C)CCC3(C)C(=CC(=O)C4C5(C)CCC(=O)NC(C)(C)C5CCC43C)C2C1. The summed E-state index contributed by atoms with van der Waals surface area (Å²) in [6, 6.07) is -0.467. The molecule has 0 spiro atoms. The molecular formula is C30H47N3O3. The third kappa shape index (κ3) is 3.37. The van der Waals surface area contributed by atoms with Crippen molar-refractivity contribution in [2.24, 2.45) is 45.1 Å². The molecule has 36 heavy (non-hydrogen) atoms. The predicted octanol–water partition coefficient (Wildman–Crippen LogP) is 5.26. The van der Waals surface area contributed by atoms with Crippen LogP contribution in [-0.4, -0.2) is 28.8 Å². The number of fused-ring (bicyclic) bond motifs is 7. The molecule has 4 aliphatic carbocycles. The van der Waals surface area contributed by atoms with Gasteiger partial charge in [-0.1, -0.05) is 33.3 Å². The molecule has 1 aliphatic heterocycles. The Balaban J connectivity index is 1.61. The maximum absolute atomic E-state index is 14.3. The van der Waals surface area contributed by atoms with Gasteiger partial charge in [0.05, 0.1) is 0 Å². The van der Waals surface area contributed by atoms with Gasteiger partial charge >= 0.3 is 6.03 Å². The quantitative estimate of drug-likeness (QED) is 0.461. The van der Waals surface area contributed by atoms with Crippen molar-refractivity contribution in [3.05, 3.63) is 11.6 Å². The minimum atomic E-state index is -0.467. The van der Waals surface area contributed by atoms with E-state index in [0.717, 1.165) is 51.4 Å². The van der Waals surface area contributed by atoms with Gasteiger partial charge in [0.1, 0.15) is 0 Å². The van der Waals surface area contributed by atoms with E-state index in [1.54, 1.807) is 0 Å². The summed E-state index contributed by atoms with van der Waals surface area (Å²) in [5.74, 6) is 0.806. The zero-order valence-corrected chi connectivity index (χ0v) is 23.5. The van der Waals surface area contributed by atoms with Crippen LogP contribution < -0.4 is 16.4 Å². The van der Waals surface area contributed by atoms with Crippen LogP contribution in [0.1, 0.15) is 106 Å². The van der Waals surface area contributed by atoms with Gasteiger partial charge in [0.25, 0.3) is 0 Å². The highest BCUT2D eigenvalue weighted by Crippen LogP contribution is 2.73. The van der Waals surface area contributed by atoms with Gasteiger partial charge in [-0.15, -0.1) is 0 Å². The van der Waals surface area contributed by atoms with Crippen LogP contribution in [0.15, 0.2) is 11.6 Å². The maximum Gasteiger partial charge on any atom is 0.312 e. The molecule has 0 bridgehead atoms. The number of nitrogens with two attached hydrogens (primary N) is 1. The molecule has 4 N–H and O–H groups in total. The fourth-order valence-corrected chi connectivity index (χ4v) is 10.4. The van der Waals surface area contributed by atoms with Crippen LogP contribution >= 0.6 is 0 Å². The second-order valence-electron chi connectivity index (χ2n) is 15.0. The molecule has 6 nitrogen and oxygen atoms in total.